The minimum Gasteiger partial charge on any atom is -0.329 e. The normalized spacial score (nSPS) is 21.9. The van der Waals surface area contributed by atoms with Gasteiger partial charge in [0.2, 0.25) is 0 Å². The quantitative estimate of drug-likeness (QED) is 0.654. The molecule has 1 aliphatic rings. The monoisotopic (exact) mass is 226 g/mol. The first-order valence-corrected chi connectivity index (χ1v) is 7.18. The molecule has 0 heterocycles. The number of nitrogens with two attached hydrogens (primary N) is 1. The summed E-state index contributed by atoms with van der Waals surface area (Å²) in [7, 11) is 0. The molecule has 16 heavy (non-hydrogen) atoms. The molecule has 0 aliphatic heterocycles. The Morgan fingerprint density at radius 2 is 1.88 bits per heavy atom. The molecule has 1 fully saturated rings. The summed E-state index contributed by atoms with van der Waals surface area (Å²) in [6.45, 7) is 5.33. The van der Waals surface area contributed by atoms with Gasteiger partial charge in [0.1, 0.15) is 0 Å². The van der Waals surface area contributed by atoms with Crippen molar-refractivity contribution in [1.82, 2.24) is 5.32 Å². The third-order valence-electron chi connectivity index (χ3n) is 3.94. The molecule has 3 N–H and O–H groups in total. The zero-order valence-electron chi connectivity index (χ0n) is 11.2. The molecular weight excluding hydrogens is 196 g/mol. The average Bonchev–Trinajstić information content (AvgIpc) is 2.31. The highest BCUT2D eigenvalue weighted by atomic mass is 15.0. The van der Waals surface area contributed by atoms with E-state index < -0.39 is 0 Å². The molecular formula is C14H30N2. The molecule has 0 bridgehead atoms. The lowest BCUT2D eigenvalue weighted by atomic mass is 9.89. The highest BCUT2D eigenvalue weighted by Gasteiger charge is 2.26. The largest absolute Gasteiger partial charge is 0.329 e. The molecule has 96 valence electrons. The van der Waals surface area contributed by atoms with Gasteiger partial charge in [0.15, 0.2) is 0 Å². The fourth-order valence-corrected chi connectivity index (χ4v) is 2.74. The maximum absolute atomic E-state index is 5.94. The van der Waals surface area contributed by atoms with Gasteiger partial charge in [-0.3, -0.25) is 0 Å². The molecule has 0 aromatic heterocycles. The summed E-state index contributed by atoms with van der Waals surface area (Å²) in [4.78, 5) is 0. The SMILES string of the molecule is CCCCCC(C)(CN)NC1CCCCC1. The van der Waals surface area contributed by atoms with Crippen LogP contribution in [0.25, 0.3) is 0 Å². The lowest BCUT2D eigenvalue weighted by molar-refractivity contribution is 0.250. The zero-order valence-corrected chi connectivity index (χ0v) is 11.2. The second-order valence-corrected chi connectivity index (χ2v) is 5.70. The van der Waals surface area contributed by atoms with Gasteiger partial charge in [-0.2, -0.15) is 0 Å². The highest BCUT2D eigenvalue weighted by Crippen LogP contribution is 2.22. The van der Waals surface area contributed by atoms with Crippen LogP contribution in [0.3, 0.4) is 0 Å². The maximum Gasteiger partial charge on any atom is 0.0278 e. The molecule has 1 aliphatic carbocycles. The second-order valence-electron chi connectivity index (χ2n) is 5.70. The van der Waals surface area contributed by atoms with Crippen LogP contribution in [0.5, 0.6) is 0 Å². The minimum atomic E-state index is 0.178. The fourth-order valence-electron chi connectivity index (χ4n) is 2.74. The average molecular weight is 226 g/mol. The Kier molecular flexibility index (Phi) is 6.37. The van der Waals surface area contributed by atoms with E-state index in [0.29, 0.717) is 0 Å². The van der Waals surface area contributed by atoms with E-state index in [-0.39, 0.29) is 5.54 Å². The van der Waals surface area contributed by atoms with Crippen molar-refractivity contribution in [1.29, 1.82) is 0 Å². The summed E-state index contributed by atoms with van der Waals surface area (Å²) in [6.07, 6.45) is 12.1. The van der Waals surface area contributed by atoms with E-state index in [9.17, 15) is 0 Å². The van der Waals surface area contributed by atoms with Gasteiger partial charge in [-0.15, -0.1) is 0 Å². The van der Waals surface area contributed by atoms with Crippen LogP contribution in [0.2, 0.25) is 0 Å². The van der Waals surface area contributed by atoms with Gasteiger partial charge in [0.25, 0.3) is 0 Å². The van der Waals surface area contributed by atoms with E-state index in [1.807, 2.05) is 0 Å². The highest BCUT2D eigenvalue weighted by molar-refractivity contribution is 4.88. The molecule has 1 rings (SSSR count). The van der Waals surface area contributed by atoms with Crippen molar-refractivity contribution in [3.8, 4) is 0 Å². The third-order valence-corrected chi connectivity index (χ3v) is 3.94. The first-order chi connectivity index (χ1) is 7.70. The number of rotatable bonds is 7. The standard InChI is InChI=1S/C14H30N2/c1-3-4-8-11-14(2,12-15)16-13-9-6-5-7-10-13/h13,16H,3-12,15H2,1-2H3. The van der Waals surface area contributed by atoms with Crippen LogP contribution >= 0.6 is 0 Å². The number of hydrogen-bond acceptors (Lipinski definition) is 2. The summed E-state index contributed by atoms with van der Waals surface area (Å²) < 4.78 is 0. The van der Waals surface area contributed by atoms with Crippen LogP contribution in [0, 0.1) is 0 Å². The maximum atomic E-state index is 5.94. The topological polar surface area (TPSA) is 38.0 Å². The van der Waals surface area contributed by atoms with Gasteiger partial charge < -0.3 is 11.1 Å². The number of hydrogen-bond donors (Lipinski definition) is 2. The van der Waals surface area contributed by atoms with E-state index in [2.05, 4.69) is 19.2 Å². The Labute approximate surface area is 101 Å². The van der Waals surface area contributed by atoms with Crippen molar-refractivity contribution in [2.75, 3.05) is 6.54 Å². The lowest BCUT2D eigenvalue weighted by Crippen LogP contribution is -2.53. The van der Waals surface area contributed by atoms with Crippen LogP contribution in [0.1, 0.15) is 71.6 Å². The van der Waals surface area contributed by atoms with Crippen molar-refractivity contribution in [3.05, 3.63) is 0 Å². The molecule has 2 heteroatoms. The van der Waals surface area contributed by atoms with Gasteiger partial charge >= 0.3 is 0 Å². The summed E-state index contributed by atoms with van der Waals surface area (Å²) in [5, 5.41) is 3.82. The molecule has 1 unspecified atom stereocenters. The molecule has 0 aromatic carbocycles. The Morgan fingerprint density at radius 3 is 2.44 bits per heavy atom. The van der Waals surface area contributed by atoms with E-state index in [1.165, 1.54) is 57.8 Å². The van der Waals surface area contributed by atoms with Crippen LogP contribution in [-0.2, 0) is 0 Å². The number of nitrogens with one attached hydrogen (secondary N) is 1. The smallest absolute Gasteiger partial charge is 0.0278 e. The fraction of sp³-hybridized carbons (Fsp3) is 1.00. The van der Waals surface area contributed by atoms with E-state index >= 15 is 0 Å². The Balaban J connectivity index is 2.32. The molecule has 0 spiro atoms. The zero-order chi connectivity index (χ0) is 11.9. The van der Waals surface area contributed by atoms with Crippen LogP contribution in [0.15, 0.2) is 0 Å². The van der Waals surface area contributed by atoms with Crippen molar-refractivity contribution < 1.29 is 0 Å². The van der Waals surface area contributed by atoms with Crippen molar-refractivity contribution in [3.63, 3.8) is 0 Å². The van der Waals surface area contributed by atoms with Crippen LogP contribution in [-0.4, -0.2) is 18.1 Å². The first-order valence-electron chi connectivity index (χ1n) is 7.18. The van der Waals surface area contributed by atoms with E-state index in [1.54, 1.807) is 0 Å². The molecule has 1 saturated carbocycles. The van der Waals surface area contributed by atoms with Crippen molar-refractivity contribution in [2.45, 2.75) is 83.2 Å². The van der Waals surface area contributed by atoms with Gasteiger partial charge in [-0.05, 0) is 26.2 Å². The number of unbranched alkanes of at least 4 members (excludes halogenated alkanes) is 2. The molecule has 0 radical (unpaired) electrons. The van der Waals surface area contributed by atoms with Crippen molar-refractivity contribution in [2.24, 2.45) is 5.73 Å². The predicted molar refractivity (Wildman–Crippen MR) is 71.6 cm³/mol. The van der Waals surface area contributed by atoms with Crippen LogP contribution < -0.4 is 11.1 Å². The Hall–Kier alpha value is -0.0800. The molecule has 0 amide bonds. The second kappa shape index (κ2) is 7.29. The van der Waals surface area contributed by atoms with Gasteiger partial charge in [-0.1, -0.05) is 45.4 Å². The van der Waals surface area contributed by atoms with E-state index in [4.69, 9.17) is 5.73 Å². The Bertz CT molecular complexity index is 176. The third kappa shape index (κ3) is 4.84. The molecule has 0 aromatic rings. The summed E-state index contributed by atoms with van der Waals surface area (Å²) in [5.41, 5.74) is 6.12. The first kappa shape index (κ1) is 14.0. The van der Waals surface area contributed by atoms with Gasteiger partial charge in [0.05, 0.1) is 0 Å². The van der Waals surface area contributed by atoms with Gasteiger partial charge in [0, 0.05) is 18.1 Å². The van der Waals surface area contributed by atoms with Gasteiger partial charge in [-0.25, -0.2) is 0 Å². The lowest BCUT2D eigenvalue weighted by Gasteiger charge is -2.36. The summed E-state index contributed by atoms with van der Waals surface area (Å²) in [5.74, 6) is 0. The predicted octanol–water partition coefficient (Wildman–Crippen LogP) is 3.21. The minimum absolute atomic E-state index is 0.178. The Morgan fingerprint density at radius 1 is 1.19 bits per heavy atom. The summed E-state index contributed by atoms with van der Waals surface area (Å²) in [6, 6.07) is 0.726. The summed E-state index contributed by atoms with van der Waals surface area (Å²) >= 11 is 0. The molecule has 2 nitrogen and oxygen atoms in total. The molecule has 0 saturated heterocycles. The molecule has 1 atom stereocenters. The van der Waals surface area contributed by atoms with E-state index in [0.717, 1.165) is 12.6 Å². The van der Waals surface area contributed by atoms with Crippen molar-refractivity contribution >= 4 is 0 Å². The van der Waals surface area contributed by atoms with Crippen LogP contribution in [0.4, 0.5) is 0 Å².